The molecule has 1 aromatic carbocycles. The zero-order valence-corrected chi connectivity index (χ0v) is 11.2. The summed E-state index contributed by atoms with van der Waals surface area (Å²) in [6.45, 7) is 0. The van der Waals surface area contributed by atoms with Gasteiger partial charge >= 0.3 is 12.5 Å². The molecule has 0 unspecified atom stereocenters. The lowest BCUT2D eigenvalue weighted by Gasteiger charge is -2.15. The molecule has 0 saturated heterocycles. The molecule has 1 aromatic heterocycles. The summed E-state index contributed by atoms with van der Waals surface area (Å²) in [5, 5.41) is -0.369. The van der Waals surface area contributed by atoms with Crippen LogP contribution < -0.4 is 4.74 Å². The summed E-state index contributed by atoms with van der Waals surface area (Å²) in [4.78, 5) is 3.37. The van der Waals surface area contributed by atoms with E-state index < -0.39 is 23.9 Å². The molecular formula is C13H6ClF6NO. The van der Waals surface area contributed by atoms with Crippen LogP contribution in [-0.4, -0.2) is 11.3 Å². The summed E-state index contributed by atoms with van der Waals surface area (Å²) in [7, 11) is 0. The summed E-state index contributed by atoms with van der Waals surface area (Å²) in [5.41, 5.74) is -1.69. The minimum absolute atomic E-state index is 0.247. The van der Waals surface area contributed by atoms with Crippen molar-refractivity contribution in [2.24, 2.45) is 0 Å². The highest BCUT2D eigenvalue weighted by Crippen LogP contribution is 2.39. The number of alkyl halides is 6. The Morgan fingerprint density at radius 2 is 1.59 bits per heavy atom. The average Bonchev–Trinajstić information content (AvgIpc) is 2.37. The molecule has 0 aliphatic rings. The number of halogens is 7. The highest BCUT2D eigenvalue weighted by atomic mass is 35.5. The molecule has 118 valence electrons. The molecule has 0 aliphatic carbocycles. The lowest BCUT2D eigenvalue weighted by Crippen LogP contribution is -2.17. The first-order valence-electron chi connectivity index (χ1n) is 5.66. The van der Waals surface area contributed by atoms with Gasteiger partial charge in [-0.1, -0.05) is 29.8 Å². The van der Waals surface area contributed by atoms with Gasteiger partial charge in [0, 0.05) is 17.3 Å². The molecule has 2 nitrogen and oxygen atoms in total. The lowest BCUT2D eigenvalue weighted by molar-refractivity contribution is -0.274. The van der Waals surface area contributed by atoms with Gasteiger partial charge in [-0.15, -0.1) is 13.2 Å². The summed E-state index contributed by atoms with van der Waals surface area (Å²) in [6.07, 6.45) is -9.19. The fourth-order valence-electron chi connectivity index (χ4n) is 1.69. The van der Waals surface area contributed by atoms with Crippen molar-refractivity contribution >= 4 is 11.6 Å². The molecule has 2 rings (SSSR count). The van der Waals surface area contributed by atoms with Crippen LogP contribution in [0.1, 0.15) is 5.56 Å². The minimum atomic E-state index is -4.99. The molecule has 0 aliphatic heterocycles. The molecule has 22 heavy (non-hydrogen) atoms. The summed E-state index contributed by atoms with van der Waals surface area (Å²) >= 11 is 5.71. The number of benzene rings is 1. The Morgan fingerprint density at radius 3 is 2.18 bits per heavy atom. The number of hydrogen-bond acceptors (Lipinski definition) is 2. The second-order valence-electron chi connectivity index (χ2n) is 4.10. The first-order chi connectivity index (χ1) is 10.1. The largest absolute Gasteiger partial charge is 0.573 e. The van der Waals surface area contributed by atoms with Crippen molar-refractivity contribution in [2.45, 2.75) is 12.5 Å². The highest BCUT2D eigenvalue weighted by molar-refractivity contribution is 6.32. The zero-order chi connectivity index (χ0) is 16.5. The van der Waals surface area contributed by atoms with E-state index in [1.165, 1.54) is 12.1 Å². The molecule has 0 saturated carbocycles. The number of para-hydroxylation sites is 1. The van der Waals surface area contributed by atoms with Gasteiger partial charge in [0.1, 0.15) is 10.9 Å². The molecule has 1 heterocycles. The van der Waals surface area contributed by atoms with Gasteiger partial charge in [0.15, 0.2) is 0 Å². The van der Waals surface area contributed by atoms with E-state index in [9.17, 15) is 26.3 Å². The van der Waals surface area contributed by atoms with Crippen LogP contribution in [0.5, 0.6) is 5.75 Å². The predicted octanol–water partition coefficient (Wildman–Crippen LogP) is 5.32. The van der Waals surface area contributed by atoms with Crippen molar-refractivity contribution < 1.29 is 31.1 Å². The standard InChI is InChI=1S/C13H6ClF6NO/c14-11-9(5-7(6-21-11)12(15,16)17)8-3-1-2-4-10(8)22-13(18,19)20/h1-6H. The third-order valence-corrected chi connectivity index (χ3v) is 2.87. The van der Waals surface area contributed by atoms with E-state index in [0.29, 0.717) is 12.3 Å². The van der Waals surface area contributed by atoms with Crippen LogP contribution in [0.2, 0.25) is 5.15 Å². The van der Waals surface area contributed by atoms with E-state index in [-0.39, 0.29) is 16.3 Å². The van der Waals surface area contributed by atoms with Gasteiger partial charge in [-0.3, -0.25) is 0 Å². The fourth-order valence-corrected chi connectivity index (χ4v) is 1.90. The maximum absolute atomic E-state index is 12.7. The van der Waals surface area contributed by atoms with Gasteiger partial charge in [-0.05, 0) is 12.1 Å². The van der Waals surface area contributed by atoms with Gasteiger partial charge in [-0.25, -0.2) is 4.98 Å². The Balaban J connectivity index is 2.57. The van der Waals surface area contributed by atoms with Crippen LogP contribution in [0, 0.1) is 0 Å². The monoisotopic (exact) mass is 341 g/mol. The van der Waals surface area contributed by atoms with Crippen molar-refractivity contribution in [3.63, 3.8) is 0 Å². The summed E-state index contributed by atoms with van der Waals surface area (Å²) in [6, 6.07) is 5.34. The number of hydrogen-bond donors (Lipinski definition) is 0. The van der Waals surface area contributed by atoms with Crippen molar-refractivity contribution in [1.82, 2.24) is 4.98 Å². The predicted molar refractivity (Wildman–Crippen MR) is 66.4 cm³/mol. The molecule has 0 radical (unpaired) electrons. The number of aromatic nitrogens is 1. The van der Waals surface area contributed by atoms with Gasteiger partial charge in [0.25, 0.3) is 0 Å². The molecule has 0 spiro atoms. The second kappa shape index (κ2) is 5.68. The quantitative estimate of drug-likeness (QED) is 0.545. The SMILES string of the molecule is FC(F)(F)Oc1ccccc1-c1cc(C(F)(F)F)cnc1Cl. The Hall–Kier alpha value is -1.96. The maximum Gasteiger partial charge on any atom is 0.573 e. The molecule has 0 amide bonds. The number of nitrogens with zero attached hydrogens (tertiary/aromatic N) is 1. The molecule has 0 N–H and O–H groups in total. The maximum atomic E-state index is 12.7. The zero-order valence-electron chi connectivity index (χ0n) is 10.5. The first-order valence-corrected chi connectivity index (χ1v) is 6.03. The highest BCUT2D eigenvalue weighted by Gasteiger charge is 2.34. The van der Waals surface area contributed by atoms with Gasteiger partial charge < -0.3 is 4.74 Å². The second-order valence-corrected chi connectivity index (χ2v) is 4.46. The molecule has 0 fully saturated rings. The van der Waals surface area contributed by atoms with Crippen molar-refractivity contribution in [1.29, 1.82) is 0 Å². The van der Waals surface area contributed by atoms with Crippen molar-refractivity contribution in [3.05, 3.63) is 47.2 Å². The van der Waals surface area contributed by atoms with Crippen molar-refractivity contribution in [2.75, 3.05) is 0 Å². The summed E-state index contributed by atoms with van der Waals surface area (Å²) in [5.74, 6) is -0.668. The van der Waals surface area contributed by atoms with E-state index in [0.717, 1.165) is 12.1 Å². The Kier molecular flexibility index (Phi) is 4.23. The van der Waals surface area contributed by atoms with E-state index in [4.69, 9.17) is 11.6 Å². The Bertz CT molecular complexity index is 683. The normalized spacial score (nSPS) is 12.3. The van der Waals surface area contributed by atoms with E-state index in [1.54, 1.807) is 0 Å². The van der Waals surface area contributed by atoms with Crippen LogP contribution in [0.3, 0.4) is 0 Å². The van der Waals surface area contributed by atoms with E-state index in [1.807, 2.05) is 0 Å². The number of rotatable bonds is 2. The Labute approximate surface area is 125 Å². The molecule has 9 heteroatoms. The van der Waals surface area contributed by atoms with Crippen molar-refractivity contribution in [3.8, 4) is 16.9 Å². The third kappa shape index (κ3) is 3.82. The van der Waals surface area contributed by atoms with Crippen LogP contribution >= 0.6 is 11.6 Å². The summed E-state index contributed by atoms with van der Waals surface area (Å²) < 4.78 is 78.9. The van der Waals surface area contributed by atoms with E-state index in [2.05, 4.69) is 9.72 Å². The number of ether oxygens (including phenoxy) is 1. The fraction of sp³-hybridized carbons (Fsp3) is 0.154. The minimum Gasteiger partial charge on any atom is -0.405 e. The number of pyridine rings is 1. The van der Waals surface area contributed by atoms with Gasteiger partial charge in [0.05, 0.1) is 5.56 Å². The van der Waals surface area contributed by atoms with Crippen LogP contribution in [0.25, 0.3) is 11.1 Å². The molecule has 0 bridgehead atoms. The smallest absolute Gasteiger partial charge is 0.405 e. The van der Waals surface area contributed by atoms with Gasteiger partial charge in [0.2, 0.25) is 0 Å². The molecule has 0 atom stereocenters. The first kappa shape index (κ1) is 16.4. The van der Waals surface area contributed by atoms with E-state index >= 15 is 0 Å². The average molecular weight is 342 g/mol. The van der Waals surface area contributed by atoms with Gasteiger partial charge in [-0.2, -0.15) is 13.2 Å². The molecular weight excluding hydrogens is 336 g/mol. The topological polar surface area (TPSA) is 22.1 Å². The lowest BCUT2D eigenvalue weighted by atomic mass is 10.0. The van der Waals surface area contributed by atoms with Crippen LogP contribution in [-0.2, 0) is 6.18 Å². The third-order valence-electron chi connectivity index (χ3n) is 2.57. The Morgan fingerprint density at radius 1 is 0.955 bits per heavy atom. The van der Waals surface area contributed by atoms with Crippen LogP contribution in [0.15, 0.2) is 36.5 Å². The molecule has 2 aromatic rings. The van der Waals surface area contributed by atoms with Crippen LogP contribution in [0.4, 0.5) is 26.3 Å².